The highest BCUT2D eigenvalue weighted by atomic mass is 32.2. The summed E-state index contributed by atoms with van der Waals surface area (Å²) in [5.74, 6) is -0.938. The molecular formula is C12H18F3N3O2S. The zero-order valence-corrected chi connectivity index (χ0v) is 12.5. The van der Waals surface area contributed by atoms with Crippen LogP contribution in [0.2, 0.25) is 0 Å². The summed E-state index contributed by atoms with van der Waals surface area (Å²) in [6, 6.07) is 1.82. The summed E-state index contributed by atoms with van der Waals surface area (Å²) in [5.41, 5.74) is 0.785. The molecule has 0 radical (unpaired) electrons. The molecule has 2 rings (SSSR count). The summed E-state index contributed by atoms with van der Waals surface area (Å²) >= 11 is 0. The Morgan fingerprint density at radius 2 is 2.14 bits per heavy atom. The monoisotopic (exact) mass is 325 g/mol. The Kier molecular flexibility index (Phi) is 4.62. The molecular weight excluding hydrogens is 307 g/mol. The van der Waals surface area contributed by atoms with Crippen molar-refractivity contribution in [3.63, 3.8) is 0 Å². The third-order valence-electron chi connectivity index (χ3n) is 3.57. The van der Waals surface area contributed by atoms with Gasteiger partial charge in [0, 0.05) is 32.3 Å². The van der Waals surface area contributed by atoms with Crippen molar-refractivity contribution in [1.29, 1.82) is 0 Å². The first kappa shape index (κ1) is 16.3. The van der Waals surface area contributed by atoms with Gasteiger partial charge in [0.1, 0.15) is 0 Å². The molecule has 1 saturated heterocycles. The summed E-state index contributed by atoms with van der Waals surface area (Å²) < 4.78 is 63.4. The fourth-order valence-corrected chi connectivity index (χ4v) is 4.02. The van der Waals surface area contributed by atoms with Crippen molar-refractivity contribution in [1.82, 2.24) is 14.1 Å². The van der Waals surface area contributed by atoms with E-state index in [2.05, 4.69) is 5.10 Å². The highest BCUT2D eigenvalue weighted by Gasteiger charge is 2.35. The van der Waals surface area contributed by atoms with Crippen molar-refractivity contribution in [2.75, 3.05) is 18.8 Å². The number of rotatable bonds is 4. The van der Waals surface area contributed by atoms with Crippen LogP contribution in [0.5, 0.6) is 0 Å². The van der Waals surface area contributed by atoms with Crippen LogP contribution in [0.3, 0.4) is 0 Å². The first-order valence-corrected chi connectivity index (χ1v) is 8.32. The van der Waals surface area contributed by atoms with Crippen LogP contribution in [0.4, 0.5) is 13.2 Å². The van der Waals surface area contributed by atoms with E-state index in [1.807, 2.05) is 6.07 Å². The molecule has 1 unspecified atom stereocenters. The Bertz CT molecular complexity index is 583. The summed E-state index contributed by atoms with van der Waals surface area (Å²) in [4.78, 5) is 0. The van der Waals surface area contributed by atoms with Gasteiger partial charge >= 0.3 is 6.18 Å². The lowest BCUT2D eigenvalue weighted by Crippen LogP contribution is -2.41. The molecule has 0 amide bonds. The van der Waals surface area contributed by atoms with Gasteiger partial charge in [-0.25, -0.2) is 12.7 Å². The smallest absolute Gasteiger partial charge is 0.276 e. The van der Waals surface area contributed by atoms with Crippen LogP contribution >= 0.6 is 0 Å². The standard InChI is InChI=1S/C12H18F3N3O2S/c1-17-7-4-11(16-17)10-3-2-6-18(9-10)21(19,20)8-5-12(13,14)15/h4,7,10H,2-3,5-6,8-9H2,1H3. The van der Waals surface area contributed by atoms with E-state index in [9.17, 15) is 21.6 Å². The summed E-state index contributed by atoms with van der Waals surface area (Å²) in [7, 11) is -2.10. The number of aryl methyl sites for hydroxylation is 1. The topological polar surface area (TPSA) is 55.2 Å². The van der Waals surface area contributed by atoms with Gasteiger partial charge in [-0.3, -0.25) is 4.68 Å². The van der Waals surface area contributed by atoms with Crippen LogP contribution in [-0.4, -0.2) is 47.5 Å². The summed E-state index contributed by atoms with van der Waals surface area (Å²) in [6.45, 7) is 0.487. The van der Waals surface area contributed by atoms with E-state index in [1.165, 1.54) is 4.31 Å². The molecule has 1 atom stereocenters. The van der Waals surface area contributed by atoms with E-state index >= 15 is 0 Å². The Morgan fingerprint density at radius 3 is 2.71 bits per heavy atom. The van der Waals surface area contributed by atoms with Crippen molar-refractivity contribution in [3.8, 4) is 0 Å². The van der Waals surface area contributed by atoms with Gasteiger partial charge in [0.15, 0.2) is 0 Å². The van der Waals surface area contributed by atoms with Gasteiger partial charge in [-0.2, -0.15) is 18.3 Å². The molecule has 0 aliphatic carbocycles. The van der Waals surface area contributed by atoms with E-state index < -0.39 is 28.4 Å². The van der Waals surface area contributed by atoms with E-state index in [-0.39, 0.29) is 19.0 Å². The van der Waals surface area contributed by atoms with E-state index in [0.29, 0.717) is 6.42 Å². The van der Waals surface area contributed by atoms with Gasteiger partial charge < -0.3 is 0 Å². The second-order valence-corrected chi connectivity index (χ2v) is 7.38. The SMILES string of the molecule is Cn1ccc(C2CCCN(S(=O)(=O)CCC(F)(F)F)C2)n1. The maximum absolute atomic E-state index is 12.2. The minimum Gasteiger partial charge on any atom is -0.276 e. The lowest BCUT2D eigenvalue weighted by Gasteiger charge is -2.31. The van der Waals surface area contributed by atoms with Gasteiger partial charge in [0.05, 0.1) is 17.9 Å². The van der Waals surface area contributed by atoms with Gasteiger partial charge in [-0.1, -0.05) is 0 Å². The molecule has 0 bridgehead atoms. The maximum Gasteiger partial charge on any atom is 0.390 e. The lowest BCUT2D eigenvalue weighted by molar-refractivity contribution is -0.130. The number of hydrogen-bond donors (Lipinski definition) is 0. The van der Waals surface area contributed by atoms with Crippen LogP contribution < -0.4 is 0 Å². The number of hydrogen-bond acceptors (Lipinski definition) is 3. The van der Waals surface area contributed by atoms with Crippen LogP contribution in [0.15, 0.2) is 12.3 Å². The Labute approximate surface area is 121 Å². The van der Waals surface area contributed by atoms with Crippen LogP contribution in [0.1, 0.15) is 30.9 Å². The predicted molar refractivity (Wildman–Crippen MR) is 71.2 cm³/mol. The van der Waals surface area contributed by atoms with Gasteiger partial charge in [0.25, 0.3) is 0 Å². The molecule has 1 aromatic rings. The van der Waals surface area contributed by atoms with E-state index in [4.69, 9.17) is 0 Å². The summed E-state index contributed by atoms with van der Waals surface area (Å²) in [6.07, 6.45) is -2.56. The highest BCUT2D eigenvalue weighted by molar-refractivity contribution is 7.89. The second-order valence-electron chi connectivity index (χ2n) is 5.29. The number of alkyl halides is 3. The Balaban J connectivity index is 2.03. The summed E-state index contributed by atoms with van der Waals surface area (Å²) in [5, 5.41) is 4.25. The van der Waals surface area contributed by atoms with Gasteiger partial charge in [-0.05, 0) is 18.9 Å². The largest absolute Gasteiger partial charge is 0.390 e. The van der Waals surface area contributed by atoms with Crippen LogP contribution in [0.25, 0.3) is 0 Å². The molecule has 0 N–H and O–H groups in total. The molecule has 5 nitrogen and oxygen atoms in total. The van der Waals surface area contributed by atoms with Crippen molar-refractivity contribution in [2.45, 2.75) is 31.4 Å². The number of piperidine rings is 1. The third kappa shape index (κ3) is 4.44. The number of halogens is 3. The number of nitrogens with zero attached hydrogens (tertiary/aromatic N) is 3. The van der Waals surface area contributed by atoms with E-state index in [1.54, 1.807) is 17.9 Å². The molecule has 120 valence electrons. The second kappa shape index (κ2) is 5.96. The average Bonchev–Trinajstić information content (AvgIpc) is 2.83. The minimum absolute atomic E-state index is 0.0550. The molecule has 9 heteroatoms. The predicted octanol–water partition coefficient (Wildman–Crippen LogP) is 1.88. The molecule has 1 fully saturated rings. The van der Waals surface area contributed by atoms with Crippen molar-refractivity contribution < 1.29 is 21.6 Å². The van der Waals surface area contributed by atoms with Crippen molar-refractivity contribution in [2.24, 2.45) is 7.05 Å². The molecule has 1 aliphatic heterocycles. The fourth-order valence-electron chi connectivity index (χ4n) is 2.46. The lowest BCUT2D eigenvalue weighted by atomic mass is 9.96. The van der Waals surface area contributed by atoms with Crippen LogP contribution in [0, 0.1) is 0 Å². The van der Waals surface area contributed by atoms with Crippen LogP contribution in [-0.2, 0) is 17.1 Å². The number of sulfonamides is 1. The zero-order chi connectivity index (χ0) is 15.7. The van der Waals surface area contributed by atoms with Gasteiger partial charge in [0.2, 0.25) is 10.0 Å². The molecule has 21 heavy (non-hydrogen) atoms. The molecule has 1 aliphatic rings. The highest BCUT2D eigenvalue weighted by Crippen LogP contribution is 2.28. The molecule has 1 aromatic heterocycles. The zero-order valence-electron chi connectivity index (χ0n) is 11.7. The third-order valence-corrected chi connectivity index (χ3v) is 5.41. The first-order chi connectivity index (χ1) is 9.67. The van der Waals surface area contributed by atoms with Crippen molar-refractivity contribution in [3.05, 3.63) is 18.0 Å². The van der Waals surface area contributed by atoms with Gasteiger partial charge in [-0.15, -0.1) is 0 Å². The maximum atomic E-state index is 12.2. The fraction of sp³-hybridized carbons (Fsp3) is 0.750. The number of aromatic nitrogens is 2. The van der Waals surface area contributed by atoms with Crippen molar-refractivity contribution >= 4 is 10.0 Å². The first-order valence-electron chi connectivity index (χ1n) is 6.71. The Morgan fingerprint density at radius 1 is 1.43 bits per heavy atom. The minimum atomic E-state index is -4.46. The quantitative estimate of drug-likeness (QED) is 0.849. The molecule has 0 spiro atoms. The normalized spacial score (nSPS) is 21.6. The Hall–Kier alpha value is -1.09. The molecule has 0 saturated carbocycles. The molecule has 0 aromatic carbocycles. The average molecular weight is 325 g/mol. The molecule has 2 heterocycles. The van der Waals surface area contributed by atoms with E-state index in [0.717, 1.165) is 12.1 Å².